The number of rotatable bonds is 3. The number of likely N-dealkylation sites (tertiary alicyclic amines) is 1. The molecule has 3 aliphatic rings. The number of aromatic nitrogens is 2. The smallest absolute Gasteiger partial charge is 0.257 e. The van der Waals surface area contributed by atoms with E-state index in [0.29, 0.717) is 44.6 Å². The number of hydrogen-bond acceptors (Lipinski definition) is 4. The van der Waals surface area contributed by atoms with Crippen molar-refractivity contribution < 1.29 is 14.3 Å². The SMILES string of the molecule is O=C(c1cnn(Cc2ccccc2)c1)N1CC[C@@]23OCCN2C(=O)C[C@@H]13. The molecule has 3 aliphatic heterocycles. The van der Waals surface area contributed by atoms with Crippen molar-refractivity contribution in [1.82, 2.24) is 19.6 Å². The summed E-state index contributed by atoms with van der Waals surface area (Å²) in [6, 6.07) is 9.81. The predicted molar refractivity (Wildman–Crippen MR) is 92.2 cm³/mol. The van der Waals surface area contributed by atoms with Crippen molar-refractivity contribution in [3.63, 3.8) is 0 Å². The van der Waals surface area contributed by atoms with Gasteiger partial charge >= 0.3 is 0 Å². The van der Waals surface area contributed by atoms with Crippen LogP contribution in [0.25, 0.3) is 0 Å². The predicted octanol–water partition coefficient (Wildman–Crippen LogP) is 1.10. The number of ether oxygens (including phenoxy) is 1. The molecule has 4 heterocycles. The van der Waals surface area contributed by atoms with E-state index in [9.17, 15) is 9.59 Å². The lowest BCUT2D eigenvalue weighted by Gasteiger charge is -2.31. The summed E-state index contributed by atoms with van der Waals surface area (Å²) in [5, 5.41) is 4.33. The van der Waals surface area contributed by atoms with Crippen LogP contribution in [0.3, 0.4) is 0 Å². The number of carbonyl (C=O) groups excluding carboxylic acids is 2. The zero-order chi connectivity index (χ0) is 17.7. The van der Waals surface area contributed by atoms with Gasteiger partial charge in [-0.3, -0.25) is 14.3 Å². The van der Waals surface area contributed by atoms with Gasteiger partial charge in [-0.15, -0.1) is 0 Å². The quantitative estimate of drug-likeness (QED) is 0.830. The molecule has 134 valence electrons. The van der Waals surface area contributed by atoms with Gasteiger partial charge in [0.05, 0.1) is 37.4 Å². The van der Waals surface area contributed by atoms with Gasteiger partial charge in [0.25, 0.3) is 5.91 Å². The number of carbonyl (C=O) groups is 2. The number of nitrogens with zero attached hydrogens (tertiary/aromatic N) is 4. The summed E-state index contributed by atoms with van der Waals surface area (Å²) in [5.74, 6) is 0.0149. The third-order valence-electron chi connectivity index (χ3n) is 5.73. The van der Waals surface area contributed by atoms with E-state index in [0.717, 1.165) is 5.56 Å². The van der Waals surface area contributed by atoms with E-state index in [2.05, 4.69) is 5.10 Å². The fourth-order valence-corrected chi connectivity index (χ4v) is 4.53. The Hall–Kier alpha value is -2.67. The Bertz CT molecular complexity index is 865. The first-order valence-electron chi connectivity index (χ1n) is 8.99. The number of amides is 2. The van der Waals surface area contributed by atoms with Crippen LogP contribution < -0.4 is 0 Å². The molecule has 0 N–H and O–H groups in total. The van der Waals surface area contributed by atoms with Crippen molar-refractivity contribution in [3.8, 4) is 0 Å². The standard InChI is InChI=1S/C19H20N4O3/c24-17-10-16-19(23(17)8-9-26-19)6-7-22(16)18(25)15-11-20-21(13-15)12-14-4-2-1-3-5-14/h1-5,11,13,16H,6-10,12H2/t16-,19+/m1/s1. The zero-order valence-corrected chi connectivity index (χ0v) is 14.4. The van der Waals surface area contributed by atoms with Gasteiger partial charge in [-0.25, -0.2) is 0 Å². The van der Waals surface area contributed by atoms with Gasteiger partial charge < -0.3 is 14.5 Å². The topological polar surface area (TPSA) is 67.7 Å². The summed E-state index contributed by atoms with van der Waals surface area (Å²) in [6.07, 6.45) is 4.43. The fourth-order valence-electron chi connectivity index (χ4n) is 4.53. The van der Waals surface area contributed by atoms with Crippen molar-refractivity contribution in [2.45, 2.75) is 31.2 Å². The van der Waals surface area contributed by atoms with Gasteiger partial charge in [-0.2, -0.15) is 5.10 Å². The van der Waals surface area contributed by atoms with Gasteiger partial charge in [0.1, 0.15) is 0 Å². The molecule has 2 amide bonds. The molecule has 0 saturated carbocycles. The van der Waals surface area contributed by atoms with Crippen LogP contribution in [0.1, 0.15) is 28.8 Å². The highest BCUT2D eigenvalue weighted by Gasteiger charge is 2.62. The van der Waals surface area contributed by atoms with Gasteiger partial charge in [0.15, 0.2) is 5.72 Å². The molecule has 7 heteroatoms. The Kier molecular flexibility index (Phi) is 3.40. The van der Waals surface area contributed by atoms with Crippen molar-refractivity contribution in [2.75, 3.05) is 19.7 Å². The van der Waals surface area contributed by atoms with Gasteiger partial charge in [0, 0.05) is 25.7 Å². The van der Waals surface area contributed by atoms with Crippen LogP contribution in [-0.4, -0.2) is 62.9 Å². The van der Waals surface area contributed by atoms with Crippen molar-refractivity contribution in [1.29, 1.82) is 0 Å². The maximum Gasteiger partial charge on any atom is 0.257 e. The molecule has 2 aromatic rings. The zero-order valence-electron chi connectivity index (χ0n) is 14.4. The van der Waals surface area contributed by atoms with Gasteiger partial charge in [-0.1, -0.05) is 30.3 Å². The molecule has 5 rings (SSSR count). The molecule has 1 aromatic heterocycles. The average molecular weight is 352 g/mol. The van der Waals surface area contributed by atoms with Gasteiger partial charge in [0.2, 0.25) is 5.91 Å². The van der Waals surface area contributed by atoms with Crippen LogP contribution in [0.15, 0.2) is 42.7 Å². The minimum atomic E-state index is -0.590. The molecule has 3 fully saturated rings. The van der Waals surface area contributed by atoms with E-state index < -0.39 is 5.72 Å². The minimum Gasteiger partial charge on any atom is -0.351 e. The van der Waals surface area contributed by atoms with Gasteiger partial charge in [-0.05, 0) is 5.56 Å². The molecule has 3 saturated heterocycles. The van der Waals surface area contributed by atoms with Crippen molar-refractivity contribution in [2.24, 2.45) is 0 Å². The summed E-state index contributed by atoms with van der Waals surface area (Å²) in [6.45, 7) is 2.42. The summed E-state index contributed by atoms with van der Waals surface area (Å²) in [4.78, 5) is 28.9. The maximum absolute atomic E-state index is 13.0. The Labute approximate surface area is 151 Å². The molecule has 1 aromatic carbocycles. The Morgan fingerprint density at radius 2 is 2.12 bits per heavy atom. The molecular formula is C19H20N4O3. The van der Waals surface area contributed by atoms with E-state index in [4.69, 9.17) is 4.74 Å². The fraction of sp³-hybridized carbons (Fsp3) is 0.421. The third-order valence-corrected chi connectivity index (χ3v) is 5.73. The second-order valence-electron chi connectivity index (χ2n) is 7.12. The number of hydrogen-bond donors (Lipinski definition) is 0. The average Bonchev–Trinajstić information content (AvgIpc) is 3.39. The first-order chi connectivity index (χ1) is 12.7. The van der Waals surface area contributed by atoms with E-state index >= 15 is 0 Å². The van der Waals surface area contributed by atoms with Crippen molar-refractivity contribution in [3.05, 3.63) is 53.9 Å². The van der Waals surface area contributed by atoms with E-state index in [1.54, 1.807) is 22.0 Å². The van der Waals surface area contributed by atoms with E-state index in [1.807, 2.05) is 35.2 Å². The molecule has 0 bridgehead atoms. The van der Waals surface area contributed by atoms with Crippen LogP contribution in [0.5, 0.6) is 0 Å². The first-order valence-corrected chi connectivity index (χ1v) is 8.99. The number of benzene rings is 1. The molecule has 0 radical (unpaired) electrons. The van der Waals surface area contributed by atoms with Crippen molar-refractivity contribution >= 4 is 11.8 Å². The van der Waals surface area contributed by atoms with Crippen LogP contribution in [0.2, 0.25) is 0 Å². The molecule has 2 atom stereocenters. The molecular weight excluding hydrogens is 332 g/mol. The lowest BCUT2D eigenvalue weighted by molar-refractivity contribution is -0.136. The van der Waals surface area contributed by atoms with Crippen LogP contribution in [0.4, 0.5) is 0 Å². The monoisotopic (exact) mass is 352 g/mol. The Morgan fingerprint density at radius 3 is 2.96 bits per heavy atom. The highest BCUT2D eigenvalue weighted by atomic mass is 16.5. The molecule has 0 unspecified atom stereocenters. The highest BCUT2D eigenvalue weighted by Crippen LogP contribution is 2.45. The maximum atomic E-state index is 13.0. The Balaban J connectivity index is 1.36. The largest absolute Gasteiger partial charge is 0.351 e. The second-order valence-corrected chi connectivity index (χ2v) is 7.12. The molecule has 1 spiro atoms. The van der Waals surface area contributed by atoms with Crippen LogP contribution in [-0.2, 0) is 16.1 Å². The summed E-state index contributed by atoms with van der Waals surface area (Å²) < 4.78 is 7.72. The summed E-state index contributed by atoms with van der Waals surface area (Å²) in [7, 11) is 0. The normalized spacial score (nSPS) is 27.1. The van der Waals surface area contributed by atoms with E-state index in [-0.39, 0.29) is 17.9 Å². The molecule has 26 heavy (non-hydrogen) atoms. The summed E-state index contributed by atoms with van der Waals surface area (Å²) >= 11 is 0. The minimum absolute atomic E-state index is 0.0728. The van der Waals surface area contributed by atoms with Crippen LogP contribution >= 0.6 is 0 Å². The van der Waals surface area contributed by atoms with Crippen LogP contribution in [0, 0.1) is 0 Å². The summed E-state index contributed by atoms with van der Waals surface area (Å²) in [5.41, 5.74) is 1.10. The lowest BCUT2D eigenvalue weighted by atomic mass is 10.1. The Morgan fingerprint density at radius 1 is 1.27 bits per heavy atom. The lowest BCUT2D eigenvalue weighted by Crippen LogP contribution is -2.48. The second kappa shape index (κ2) is 5.67. The highest BCUT2D eigenvalue weighted by molar-refractivity contribution is 5.95. The first kappa shape index (κ1) is 15.6. The molecule has 0 aliphatic carbocycles. The van der Waals surface area contributed by atoms with E-state index in [1.165, 1.54) is 0 Å². The molecule has 7 nitrogen and oxygen atoms in total. The third kappa shape index (κ3) is 2.20.